The molecule has 6 heteroatoms. The number of hydrogen-bond donors (Lipinski definition) is 1. The van der Waals surface area contributed by atoms with Crippen LogP contribution in [-0.2, 0) is 6.54 Å². The molecule has 2 N–H and O–H groups in total. The van der Waals surface area contributed by atoms with Crippen LogP contribution in [0.4, 0.5) is 0 Å². The first-order valence-electron chi connectivity index (χ1n) is 7.31. The Bertz CT molecular complexity index is 673. The Balaban J connectivity index is 1.73. The van der Waals surface area contributed by atoms with Gasteiger partial charge in [-0.1, -0.05) is 30.1 Å². The van der Waals surface area contributed by atoms with Gasteiger partial charge in [-0.2, -0.15) is 0 Å². The van der Waals surface area contributed by atoms with Crippen molar-refractivity contribution in [3.05, 3.63) is 38.6 Å². The first-order chi connectivity index (χ1) is 10.5. The highest BCUT2D eigenvalue weighted by Crippen LogP contribution is 2.33. The van der Waals surface area contributed by atoms with Crippen LogP contribution < -0.4 is 5.73 Å². The van der Waals surface area contributed by atoms with E-state index in [1.54, 1.807) is 17.4 Å². The number of nitrogens with zero attached hydrogens (tertiary/aromatic N) is 2. The van der Waals surface area contributed by atoms with Crippen molar-refractivity contribution in [3.8, 4) is 11.3 Å². The number of aromatic nitrogens is 1. The van der Waals surface area contributed by atoms with Gasteiger partial charge in [-0.3, -0.25) is 4.90 Å². The highest BCUT2D eigenvalue weighted by molar-refractivity contribution is 7.09. The van der Waals surface area contributed by atoms with Crippen LogP contribution in [0.1, 0.15) is 18.4 Å². The summed E-state index contributed by atoms with van der Waals surface area (Å²) in [6, 6.07) is 5.47. The average molecular weight is 356 g/mol. The molecular weight excluding hydrogens is 337 g/mol. The Kier molecular flexibility index (Phi) is 4.76. The van der Waals surface area contributed by atoms with Crippen LogP contribution in [0.5, 0.6) is 0 Å². The summed E-state index contributed by atoms with van der Waals surface area (Å²) in [5.41, 5.74) is 7.90. The van der Waals surface area contributed by atoms with E-state index in [1.165, 1.54) is 0 Å². The first-order valence-corrected chi connectivity index (χ1v) is 8.95. The molecule has 1 aromatic heterocycles. The molecule has 0 bridgehead atoms. The molecule has 118 valence electrons. The summed E-state index contributed by atoms with van der Waals surface area (Å²) < 4.78 is 0. The van der Waals surface area contributed by atoms with Gasteiger partial charge in [0, 0.05) is 22.5 Å². The number of hydrogen-bond acceptors (Lipinski definition) is 4. The van der Waals surface area contributed by atoms with Crippen LogP contribution in [-0.4, -0.2) is 29.5 Å². The summed E-state index contributed by atoms with van der Waals surface area (Å²) in [4.78, 5) is 7.15. The molecule has 3 rings (SSSR count). The van der Waals surface area contributed by atoms with E-state index in [1.807, 2.05) is 17.5 Å². The smallest absolute Gasteiger partial charge is 0.107 e. The lowest BCUT2D eigenvalue weighted by Crippen LogP contribution is -2.31. The lowest BCUT2D eigenvalue weighted by atomic mass is 9.90. The molecule has 0 amide bonds. The summed E-state index contributed by atoms with van der Waals surface area (Å²) >= 11 is 14.0. The first kappa shape index (κ1) is 16.2. The monoisotopic (exact) mass is 355 g/mol. The number of nitrogens with two attached hydrogens (primary N) is 1. The minimum atomic E-state index is 0.246. The summed E-state index contributed by atoms with van der Waals surface area (Å²) in [6.07, 6.45) is 1.15. The van der Waals surface area contributed by atoms with Crippen molar-refractivity contribution in [3.63, 3.8) is 0 Å². The molecule has 3 nitrogen and oxygen atoms in total. The molecule has 1 saturated heterocycles. The summed E-state index contributed by atoms with van der Waals surface area (Å²) in [7, 11) is 0. The standard InChI is InChI=1S/C16H19Cl2N3S/c1-16(9-19)4-5-21(10-16)7-15-20-14(8-22-15)12-6-11(17)2-3-13(12)18/h2-3,6,8H,4-5,7,9-10,19H2,1H3. The van der Waals surface area contributed by atoms with Gasteiger partial charge in [0.05, 0.1) is 17.3 Å². The largest absolute Gasteiger partial charge is 0.330 e. The Morgan fingerprint density at radius 1 is 1.41 bits per heavy atom. The van der Waals surface area contributed by atoms with Gasteiger partial charge in [-0.05, 0) is 43.1 Å². The highest BCUT2D eigenvalue weighted by atomic mass is 35.5. The topological polar surface area (TPSA) is 42.1 Å². The van der Waals surface area contributed by atoms with E-state index in [2.05, 4.69) is 11.8 Å². The molecule has 1 aliphatic rings. The zero-order chi connectivity index (χ0) is 15.7. The molecule has 22 heavy (non-hydrogen) atoms. The molecule has 1 atom stereocenters. The van der Waals surface area contributed by atoms with Crippen molar-refractivity contribution in [1.29, 1.82) is 0 Å². The van der Waals surface area contributed by atoms with Crippen molar-refractivity contribution in [2.24, 2.45) is 11.1 Å². The number of likely N-dealkylation sites (tertiary alicyclic amines) is 1. The summed E-state index contributed by atoms with van der Waals surface area (Å²) in [5.74, 6) is 0. The minimum Gasteiger partial charge on any atom is -0.330 e. The Morgan fingerprint density at radius 2 is 2.23 bits per heavy atom. The third-order valence-electron chi connectivity index (χ3n) is 4.24. The van der Waals surface area contributed by atoms with E-state index >= 15 is 0 Å². The minimum absolute atomic E-state index is 0.246. The van der Waals surface area contributed by atoms with Crippen molar-refractivity contribution in [1.82, 2.24) is 9.88 Å². The molecule has 2 heterocycles. The Hall–Kier alpha value is -0.650. The Labute approximate surface area is 145 Å². The van der Waals surface area contributed by atoms with Gasteiger partial charge in [0.2, 0.25) is 0 Å². The third kappa shape index (κ3) is 3.47. The van der Waals surface area contributed by atoms with E-state index in [4.69, 9.17) is 33.9 Å². The second-order valence-electron chi connectivity index (χ2n) is 6.23. The molecule has 1 unspecified atom stereocenters. The second-order valence-corrected chi connectivity index (χ2v) is 8.01. The maximum Gasteiger partial charge on any atom is 0.107 e. The predicted octanol–water partition coefficient (Wildman–Crippen LogP) is 4.29. The van der Waals surface area contributed by atoms with Gasteiger partial charge < -0.3 is 5.73 Å². The summed E-state index contributed by atoms with van der Waals surface area (Å²) in [6.45, 7) is 5.99. The number of halogens is 2. The highest BCUT2D eigenvalue weighted by Gasteiger charge is 2.32. The van der Waals surface area contributed by atoms with Gasteiger partial charge in [0.15, 0.2) is 0 Å². The molecule has 1 fully saturated rings. The molecule has 0 aliphatic carbocycles. The van der Waals surface area contributed by atoms with Crippen molar-refractivity contribution < 1.29 is 0 Å². The van der Waals surface area contributed by atoms with E-state index in [-0.39, 0.29) is 5.41 Å². The van der Waals surface area contributed by atoms with Crippen LogP contribution in [0.15, 0.2) is 23.6 Å². The molecule has 2 aromatic rings. The lowest BCUT2D eigenvalue weighted by Gasteiger charge is -2.21. The van der Waals surface area contributed by atoms with Crippen molar-refractivity contribution >= 4 is 34.5 Å². The zero-order valence-corrected chi connectivity index (χ0v) is 14.8. The predicted molar refractivity (Wildman–Crippen MR) is 94.6 cm³/mol. The molecule has 0 saturated carbocycles. The number of thiazole rings is 1. The maximum atomic E-state index is 6.25. The van der Waals surface area contributed by atoms with Gasteiger partial charge in [0.25, 0.3) is 0 Å². The lowest BCUT2D eigenvalue weighted by molar-refractivity contribution is 0.274. The van der Waals surface area contributed by atoms with Gasteiger partial charge in [-0.15, -0.1) is 11.3 Å². The van der Waals surface area contributed by atoms with Crippen LogP contribution in [0.2, 0.25) is 10.0 Å². The number of benzene rings is 1. The van der Waals surface area contributed by atoms with Gasteiger partial charge >= 0.3 is 0 Å². The van der Waals surface area contributed by atoms with Gasteiger partial charge in [-0.25, -0.2) is 4.98 Å². The van der Waals surface area contributed by atoms with Crippen molar-refractivity contribution in [2.45, 2.75) is 19.9 Å². The molecule has 1 aromatic carbocycles. The average Bonchev–Trinajstić information content (AvgIpc) is 3.10. The normalized spacial score (nSPS) is 22.4. The van der Waals surface area contributed by atoms with Crippen LogP contribution in [0, 0.1) is 5.41 Å². The van der Waals surface area contributed by atoms with Crippen LogP contribution >= 0.6 is 34.5 Å². The molecule has 0 spiro atoms. The van der Waals surface area contributed by atoms with E-state index < -0.39 is 0 Å². The van der Waals surface area contributed by atoms with E-state index in [0.29, 0.717) is 10.0 Å². The SMILES string of the molecule is CC1(CN)CCN(Cc2nc(-c3cc(Cl)ccc3Cl)cs2)C1. The van der Waals surface area contributed by atoms with Gasteiger partial charge in [0.1, 0.15) is 5.01 Å². The molecule has 0 radical (unpaired) electrons. The summed E-state index contributed by atoms with van der Waals surface area (Å²) in [5, 5.41) is 4.50. The number of rotatable bonds is 4. The van der Waals surface area contributed by atoms with Crippen molar-refractivity contribution in [2.75, 3.05) is 19.6 Å². The fraction of sp³-hybridized carbons (Fsp3) is 0.438. The quantitative estimate of drug-likeness (QED) is 0.889. The second kappa shape index (κ2) is 6.46. The zero-order valence-electron chi connectivity index (χ0n) is 12.5. The van der Waals surface area contributed by atoms with E-state index in [9.17, 15) is 0 Å². The van der Waals surface area contributed by atoms with Crippen LogP contribution in [0.3, 0.4) is 0 Å². The van der Waals surface area contributed by atoms with E-state index in [0.717, 1.165) is 48.9 Å². The third-order valence-corrected chi connectivity index (χ3v) is 5.64. The molecule has 1 aliphatic heterocycles. The Morgan fingerprint density at radius 3 is 2.95 bits per heavy atom. The fourth-order valence-electron chi connectivity index (χ4n) is 2.82. The maximum absolute atomic E-state index is 6.25. The fourth-order valence-corrected chi connectivity index (χ4v) is 4.04. The van der Waals surface area contributed by atoms with Crippen LogP contribution in [0.25, 0.3) is 11.3 Å². The molecular formula is C16H19Cl2N3S.